The molecule has 3 aromatic carbocycles. The lowest BCUT2D eigenvalue weighted by molar-refractivity contribution is -0.0159. The lowest BCUT2D eigenvalue weighted by Crippen LogP contribution is -2.42. The van der Waals surface area contributed by atoms with E-state index in [1.807, 2.05) is 13.0 Å². The first-order chi connectivity index (χ1) is 22.0. The van der Waals surface area contributed by atoms with Crippen molar-refractivity contribution in [3.63, 3.8) is 0 Å². The van der Waals surface area contributed by atoms with E-state index in [0.29, 0.717) is 24.6 Å². The summed E-state index contributed by atoms with van der Waals surface area (Å²) in [5.41, 5.74) is 0.572. The highest BCUT2D eigenvalue weighted by atomic mass is 32.2. The molecule has 4 rings (SSSR count). The molecule has 1 heterocycles. The van der Waals surface area contributed by atoms with Crippen molar-refractivity contribution in [1.29, 1.82) is 0 Å². The molecule has 0 aliphatic carbocycles. The number of amides is 2. The number of aryl methyl sites for hydroxylation is 1. The Balaban J connectivity index is 1.48. The van der Waals surface area contributed by atoms with Crippen LogP contribution >= 0.6 is 0 Å². The molecule has 0 saturated carbocycles. The molecule has 0 saturated heterocycles. The number of imide groups is 1. The summed E-state index contributed by atoms with van der Waals surface area (Å²) in [5, 5.41) is 0.647. The van der Waals surface area contributed by atoms with Crippen LogP contribution in [0, 0.1) is 23.3 Å². The maximum Gasteiger partial charge on any atom is 0.324 e. The molecule has 0 atom stereocenters. The van der Waals surface area contributed by atoms with Crippen LogP contribution in [0.4, 0.5) is 17.6 Å². The highest BCUT2D eigenvalue weighted by Crippen LogP contribution is 2.36. The van der Waals surface area contributed by atoms with Crippen molar-refractivity contribution in [3.8, 4) is 5.75 Å². The number of ether oxygens (including phenoxy) is 1. The molecule has 0 fully saturated rings. The van der Waals surface area contributed by atoms with Gasteiger partial charge < -0.3 is 4.74 Å². The van der Waals surface area contributed by atoms with Gasteiger partial charge in [-0.3, -0.25) is 9.59 Å². The SMILES string of the molecule is CCCCCCCCCCCCOc1c(F)c(F)c(S(=O)(=O)ON2C(=O)c3cccc4cc(CCCC)cc(c34)C2=O)c(F)c1F. The second-order valence-electron chi connectivity index (χ2n) is 11.5. The van der Waals surface area contributed by atoms with Gasteiger partial charge in [0.1, 0.15) is 0 Å². The first-order valence-electron chi connectivity index (χ1n) is 15.9. The van der Waals surface area contributed by atoms with Crippen LogP contribution in [0.1, 0.15) is 117 Å². The topological polar surface area (TPSA) is 90.0 Å². The lowest BCUT2D eigenvalue weighted by Gasteiger charge is -2.26. The number of halogens is 4. The Morgan fingerprint density at radius 3 is 1.87 bits per heavy atom. The molecular weight excluding hydrogens is 626 g/mol. The Bertz CT molecular complexity index is 1670. The number of hydrogen-bond donors (Lipinski definition) is 0. The predicted molar refractivity (Wildman–Crippen MR) is 165 cm³/mol. The Hall–Kier alpha value is -3.51. The molecule has 0 aromatic heterocycles. The Morgan fingerprint density at radius 2 is 1.26 bits per heavy atom. The fourth-order valence-electron chi connectivity index (χ4n) is 5.58. The lowest BCUT2D eigenvalue weighted by atomic mass is 9.92. The number of benzene rings is 3. The standard InChI is InChI=1S/C34H39F4NO6S/c1-3-5-7-8-9-10-11-12-13-14-19-44-31-27(35)29(37)32(30(38)28(31)36)46(42,43)45-39-33(40)24-18-15-17-23-20-22(16-6-4-2)21-25(26(23)24)34(39)41/h15,17-18,20-21H,3-14,16,19H2,1-2H3. The normalized spacial score (nSPS) is 13.2. The Kier molecular flexibility index (Phi) is 12.2. The van der Waals surface area contributed by atoms with Gasteiger partial charge >= 0.3 is 10.1 Å². The number of nitrogens with zero attached hydrogens (tertiary/aromatic N) is 1. The van der Waals surface area contributed by atoms with Gasteiger partial charge in [-0.2, -0.15) is 17.2 Å². The summed E-state index contributed by atoms with van der Waals surface area (Å²) in [7, 11) is -5.79. The second kappa shape index (κ2) is 15.9. The van der Waals surface area contributed by atoms with Crippen LogP contribution in [0.15, 0.2) is 35.2 Å². The van der Waals surface area contributed by atoms with Crippen molar-refractivity contribution < 1.29 is 44.6 Å². The van der Waals surface area contributed by atoms with Crippen molar-refractivity contribution >= 4 is 32.7 Å². The summed E-state index contributed by atoms with van der Waals surface area (Å²) < 4.78 is 95.6. The van der Waals surface area contributed by atoms with E-state index < -0.39 is 55.8 Å². The average molecular weight is 666 g/mol. The highest BCUT2D eigenvalue weighted by Gasteiger charge is 2.42. The third-order valence-electron chi connectivity index (χ3n) is 8.04. The maximum absolute atomic E-state index is 15.1. The van der Waals surface area contributed by atoms with Gasteiger partial charge in [0.25, 0.3) is 11.8 Å². The van der Waals surface area contributed by atoms with Gasteiger partial charge in [0.15, 0.2) is 22.3 Å². The van der Waals surface area contributed by atoms with Gasteiger partial charge in [0.05, 0.1) is 17.7 Å². The van der Waals surface area contributed by atoms with E-state index >= 15 is 8.78 Å². The molecular formula is C34H39F4NO6S. The number of carbonyl (C=O) groups excluding carboxylic acids is 2. The van der Waals surface area contributed by atoms with E-state index in [0.717, 1.165) is 44.1 Å². The molecule has 1 aliphatic heterocycles. The number of rotatable bonds is 18. The van der Waals surface area contributed by atoms with Crippen molar-refractivity contribution in [1.82, 2.24) is 5.06 Å². The molecule has 2 amide bonds. The minimum atomic E-state index is -5.79. The second-order valence-corrected chi connectivity index (χ2v) is 13.0. The number of hydrogen-bond acceptors (Lipinski definition) is 6. The number of carbonyl (C=O) groups is 2. The van der Waals surface area contributed by atoms with Crippen LogP contribution in [0.5, 0.6) is 5.75 Å². The molecule has 0 bridgehead atoms. The van der Waals surface area contributed by atoms with Gasteiger partial charge in [-0.1, -0.05) is 96.3 Å². The van der Waals surface area contributed by atoms with Crippen LogP contribution in [-0.4, -0.2) is 31.9 Å². The smallest absolute Gasteiger partial charge is 0.324 e. The van der Waals surface area contributed by atoms with E-state index in [1.165, 1.54) is 43.9 Å². The van der Waals surface area contributed by atoms with Crippen molar-refractivity contribution in [2.24, 2.45) is 0 Å². The first-order valence-corrected chi connectivity index (χ1v) is 17.3. The minimum Gasteiger partial charge on any atom is -0.487 e. The monoisotopic (exact) mass is 665 g/mol. The zero-order valence-electron chi connectivity index (χ0n) is 26.1. The molecule has 250 valence electrons. The van der Waals surface area contributed by atoms with E-state index in [9.17, 15) is 26.8 Å². The summed E-state index contributed by atoms with van der Waals surface area (Å²) >= 11 is 0. The summed E-state index contributed by atoms with van der Waals surface area (Å²) in [6.07, 6.45) is 12.1. The summed E-state index contributed by atoms with van der Waals surface area (Å²) in [5.74, 6) is -12.6. The van der Waals surface area contributed by atoms with E-state index in [4.69, 9.17) is 4.74 Å². The van der Waals surface area contributed by atoms with Gasteiger partial charge in [-0.15, -0.1) is 9.35 Å². The zero-order chi connectivity index (χ0) is 33.4. The van der Waals surface area contributed by atoms with Crippen LogP contribution < -0.4 is 4.74 Å². The molecule has 0 radical (unpaired) electrons. The van der Waals surface area contributed by atoms with Gasteiger partial charge in [-0.05, 0) is 42.3 Å². The van der Waals surface area contributed by atoms with Crippen molar-refractivity contribution in [2.45, 2.75) is 102 Å². The largest absolute Gasteiger partial charge is 0.487 e. The third kappa shape index (κ3) is 7.71. The molecule has 0 N–H and O–H groups in total. The average Bonchev–Trinajstić information content (AvgIpc) is 3.03. The van der Waals surface area contributed by atoms with Crippen molar-refractivity contribution in [2.75, 3.05) is 6.61 Å². The summed E-state index contributed by atoms with van der Waals surface area (Å²) in [6, 6.07) is 7.82. The number of hydroxylamine groups is 2. The minimum absolute atomic E-state index is 0.0666. The van der Waals surface area contributed by atoms with E-state index in [2.05, 4.69) is 11.2 Å². The molecule has 1 aliphatic rings. The van der Waals surface area contributed by atoms with Crippen molar-refractivity contribution in [3.05, 3.63) is 70.3 Å². The Labute approximate surface area is 266 Å². The summed E-state index contributed by atoms with van der Waals surface area (Å²) in [4.78, 5) is 24.4. The van der Waals surface area contributed by atoms with Crippen LogP contribution in [0.2, 0.25) is 0 Å². The highest BCUT2D eigenvalue weighted by molar-refractivity contribution is 7.86. The first kappa shape index (κ1) is 35.3. The van der Waals surface area contributed by atoms with Gasteiger partial charge in [-0.25, -0.2) is 8.78 Å². The Morgan fingerprint density at radius 1 is 0.696 bits per heavy atom. The van der Waals surface area contributed by atoms with Crippen LogP contribution in [-0.2, 0) is 20.8 Å². The van der Waals surface area contributed by atoms with E-state index in [1.54, 1.807) is 6.07 Å². The zero-order valence-corrected chi connectivity index (χ0v) is 26.9. The molecule has 3 aromatic rings. The maximum atomic E-state index is 15.1. The summed E-state index contributed by atoms with van der Waals surface area (Å²) in [6.45, 7) is 3.88. The molecule has 7 nitrogen and oxygen atoms in total. The molecule has 0 spiro atoms. The fraction of sp³-hybridized carbons (Fsp3) is 0.471. The quantitative estimate of drug-likeness (QED) is 0.0583. The van der Waals surface area contributed by atoms with Gasteiger partial charge in [0, 0.05) is 5.39 Å². The fourth-order valence-corrected chi connectivity index (χ4v) is 6.60. The third-order valence-corrected chi connectivity index (χ3v) is 9.24. The van der Waals surface area contributed by atoms with E-state index in [-0.39, 0.29) is 28.2 Å². The predicted octanol–water partition coefficient (Wildman–Crippen LogP) is 8.96. The molecule has 0 unspecified atom stereocenters. The van der Waals surface area contributed by atoms with Gasteiger partial charge in [0.2, 0.25) is 11.6 Å². The van der Waals surface area contributed by atoms with Crippen LogP contribution in [0.3, 0.4) is 0 Å². The van der Waals surface area contributed by atoms with Crippen LogP contribution in [0.25, 0.3) is 10.8 Å². The number of unbranched alkanes of at least 4 members (excludes halogenated alkanes) is 10. The molecule has 12 heteroatoms. The molecule has 46 heavy (non-hydrogen) atoms.